The van der Waals surface area contributed by atoms with E-state index >= 15 is 0 Å². The second-order valence-corrected chi connectivity index (χ2v) is 7.42. The van der Waals surface area contributed by atoms with Gasteiger partial charge in [-0.05, 0) is 48.7 Å². The molecular formula is C24H21N3O2. The predicted molar refractivity (Wildman–Crippen MR) is 109 cm³/mol. The highest BCUT2D eigenvalue weighted by molar-refractivity contribution is 5.85. The Morgan fingerprint density at radius 3 is 2.45 bits per heavy atom. The highest BCUT2D eigenvalue weighted by Gasteiger charge is 2.63. The number of ether oxygens (including phenoxy) is 1. The number of Topliss-reactive ketones (excluding diaryl/α,β-unsaturated/α-hetero) is 1. The Hall–Kier alpha value is -3.57. The van der Waals surface area contributed by atoms with E-state index < -0.39 is 23.4 Å². The molecule has 0 amide bonds. The normalized spacial score (nSPS) is 23.4. The molecule has 2 heterocycles. The molecule has 5 nitrogen and oxygen atoms in total. The van der Waals surface area contributed by atoms with Gasteiger partial charge in [0.05, 0.1) is 30.8 Å². The van der Waals surface area contributed by atoms with Gasteiger partial charge in [-0.25, -0.2) is 0 Å². The van der Waals surface area contributed by atoms with E-state index in [9.17, 15) is 15.3 Å². The second kappa shape index (κ2) is 7.11. The van der Waals surface area contributed by atoms with Crippen molar-refractivity contribution in [1.82, 2.24) is 4.90 Å². The number of benzene rings is 2. The van der Waals surface area contributed by atoms with E-state index in [0.717, 1.165) is 22.4 Å². The summed E-state index contributed by atoms with van der Waals surface area (Å²) >= 11 is 0. The Kier molecular flexibility index (Phi) is 4.60. The fourth-order valence-corrected chi connectivity index (χ4v) is 4.76. The summed E-state index contributed by atoms with van der Waals surface area (Å²) in [6.45, 7) is 3.99. The number of hydrogen-bond donors (Lipinski definition) is 0. The van der Waals surface area contributed by atoms with Crippen LogP contribution in [0.15, 0.2) is 54.7 Å². The molecule has 0 saturated carbocycles. The van der Waals surface area contributed by atoms with Gasteiger partial charge < -0.3 is 9.64 Å². The molecular weight excluding hydrogens is 362 g/mol. The van der Waals surface area contributed by atoms with Crippen LogP contribution >= 0.6 is 0 Å². The molecule has 0 aliphatic carbocycles. The number of carbonyl (C=O) groups is 1. The molecule has 0 aromatic heterocycles. The predicted octanol–water partition coefficient (Wildman–Crippen LogP) is 4.20. The summed E-state index contributed by atoms with van der Waals surface area (Å²) in [6.07, 6.45) is 3.80. The Morgan fingerprint density at radius 2 is 1.83 bits per heavy atom. The summed E-state index contributed by atoms with van der Waals surface area (Å²) in [5, 5.41) is 20.6. The lowest BCUT2D eigenvalue weighted by Crippen LogP contribution is -2.36. The fourth-order valence-electron chi connectivity index (χ4n) is 4.76. The van der Waals surface area contributed by atoms with Gasteiger partial charge in [-0.1, -0.05) is 36.4 Å². The van der Waals surface area contributed by atoms with Crippen LogP contribution in [-0.4, -0.2) is 23.3 Å². The third-order valence-corrected chi connectivity index (χ3v) is 5.91. The van der Waals surface area contributed by atoms with E-state index in [1.54, 1.807) is 0 Å². The maximum absolute atomic E-state index is 12.8. The summed E-state index contributed by atoms with van der Waals surface area (Å²) in [4.78, 5) is 14.7. The first-order valence-electron chi connectivity index (χ1n) is 9.67. The lowest BCUT2D eigenvalue weighted by atomic mass is 9.68. The van der Waals surface area contributed by atoms with Crippen LogP contribution in [0.3, 0.4) is 0 Å². The summed E-state index contributed by atoms with van der Waals surface area (Å²) in [5.41, 5.74) is 1.26. The first kappa shape index (κ1) is 18.8. The van der Waals surface area contributed by atoms with Gasteiger partial charge in [0.1, 0.15) is 5.75 Å². The van der Waals surface area contributed by atoms with Gasteiger partial charge in [0.2, 0.25) is 0 Å². The van der Waals surface area contributed by atoms with Crippen molar-refractivity contribution in [2.75, 3.05) is 6.61 Å². The fraction of sp³-hybridized carbons (Fsp3) is 0.292. The lowest BCUT2D eigenvalue weighted by molar-refractivity contribution is -0.121. The molecule has 1 saturated heterocycles. The Balaban J connectivity index is 1.92. The topological polar surface area (TPSA) is 77.1 Å². The lowest BCUT2D eigenvalue weighted by Gasteiger charge is -2.34. The second-order valence-electron chi connectivity index (χ2n) is 7.42. The molecule has 2 aliphatic heterocycles. The van der Waals surface area contributed by atoms with E-state index in [1.807, 2.05) is 72.6 Å². The smallest absolute Gasteiger partial charge is 0.177 e. The zero-order chi connectivity index (χ0) is 20.6. The molecule has 4 rings (SSSR count). The first-order valence-corrected chi connectivity index (χ1v) is 9.67. The van der Waals surface area contributed by atoms with Crippen LogP contribution in [0.4, 0.5) is 0 Å². The highest BCUT2D eigenvalue weighted by Crippen LogP contribution is 2.59. The van der Waals surface area contributed by atoms with Crippen molar-refractivity contribution in [1.29, 1.82) is 10.5 Å². The number of nitrogens with zero attached hydrogens (tertiary/aromatic N) is 3. The third-order valence-electron chi connectivity index (χ3n) is 5.91. The molecule has 3 atom stereocenters. The van der Waals surface area contributed by atoms with Crippen molar-refractivity contribution in [3.8, 4) is 17.9 Å². The van der Waals surface area contributed by atoms with E-state index in [2.05, 4.69) is 12.1 Å². The zero-order valence-corrected chi connectivity index (χ0v) is 16.4. The minimum atomic E-state index is -1.40. The maximum Gasteiger partial charge on any atom is 0.177 e. The Bertz CT molecular complexity index is 1040. The van der Waals surface area contributed by atoms with E-state index in [4.69, 9.17) is 4.74 Å². The van der Waals surface area contributed by atoms with Gasteiger partial charge in [-0.15, -0.1) is 0 Å². The van der Waals surface area contributed by atoms with E-state index in [-0.39, 0.29) is 5.78 Å². The molecule has 1 fully saturated rings. The quantitative estimate of drug-likeness (QED) is 0.791. The molecule has 0 bridgehead atoms. The molecule has 0 radical (unpaired) electrons. The standard InChI is InChI=1S/C24H21N3O2/c1-3-29-19-10-8-18(9-11-19)21-22(16(2)28)27-13-12-17-6-4-5-7-20(17)23(27)24(21,14-25)15-26/h4-13,21-23H,3H2,1-2H3/t21-,22-,23-/m0/s1. The van der Waals surface area contributed by atoms with Gasteiger partial charge in [0.15, 0.2) is 11.2 Å². The molecule has 2 aromatic rings. The Labute approximate surface area is 170 Å². The van der Waals surface area contributed by atoms with E-state index in [0.29, 0.717) is 6.61 Å². The Morgan fingerprint density at radius 1 is 1.14 bits per heavy atom. The minimum absolute atomic E-state index is 0.0645. The van der Waals surface area contributed by atoms with E-state index in [1.165, 1.54) is 6.92 Å². The van der Waals surface area contributed by atoms with Crippen molar-refractivity contribution >= 4 is 11.9 Å². The van der Waals surface area contributed by atoms with Crippen molar-refractivity contribution < 1.29 is 9.53 Å². The summed E-state index contributed by atoms with van der Waals surface area (Å²) in [6, 6.07) is 18.7. The highest BCUT2D eigenvalue weighted by atomic mass is 16.5. The molecule has 2 aromatic carbocycles. The van der Waals surface area contributed by atoms with Gasteiger partial charge in [0.25, 0.3) is 0 Å². The maximum atomic E-state index is 12.8. The largest absolute Gasteiger partial charge is 0.494 e. The number of nitriles is 2. The number of hydrogen-bond acceptors (Lipinski definition) is 5. The van der Waals surface area contributed by atoms with Crippen LogP contribution < -0.4 is 4.74 Å². The molecule has 144 valence electrons. The average Bonchev–Trinajstić information content (AvgIpc) is 3.06. The molecule has 2 aliphatic rings. The molecule has 0 spiro atoms. The first-order chi connectivity index (χ1) is 14.1. The molecule has 29 heavy (non-hydrogen) atoms. The monoisotopic (exact) mass is 383 g/mol. The van der Waals surface area contributed by atoms with Crippen molar-refractivity contribution in [3.63, 3.8) is 0 Å². The van der Waals surface area contributed by atoms with Crippen molar-refractivity contribution in [2.24, 2.45) is 5.41 Å². The summed E-state index contributed by atoms with van der Waals surface area (Å²) in [5.74, 6) is 0.0767. The number of ketones is 1. The molecule has 0 unspecified atom stereocenters. The van der Waals surface area contributed by atoms with Gasteiger partial charge >= 0.3 is 0 Å². The minimum Gasteiger partial charge on any atom is -0.494 e. The number of carbonyl (C=O) groups excluding carboxylic acids is 1. The number of rotatable bonds is 4. The number of fused-ring (bicyclic) bond motifs is 3. The van der Waals surface area contributed by atoms with Gasteiger partial charge in [0, 0.05) is 12.1 Å². The summed E-state index contributed by atoms with van der Waals surface area (Å²) < 4.78 is 5.52. The third kappa shape index (κ3) is 2.70. The zero-order valence-electron chi connectivity index (χ0n) is 16.4. The van der Waals surface area contributed by atoms with Crippen LogP contribution in [0, 0.1) is 28.1 Å². The van der Waals surface area contributed by atoms with Gasteiger partial charge in [-0.2, -0.15) is 10.5 Å². The average molecular weight is 383 g/mol. The summed E-state index contributed by atoms with van der Waals surface area (Å²) in [7, 11) is 0. The SMILES string of the molecule is CCOc1ccc([C@H]2[C@H](C(C)=O)N3C=Cc4ccccc4[C@H]3C2(C#N)C#N)cc1. The van der Waals surface area contributed by atoms with Crippen LogP contribution in [0.5, 0.6) is 5.75 Å². The van der Waals surface area contributed by atoms with Crippen molar-refractivity contribution in [2.45, 2.75) is 31.8 Å². The van der Waals surface area contributed by atoms with Crippen LogP contribution in [0.1, 0.15) is 42.5 Å². The molecule has 0 N–H and O–H groups in total. The van der Waals surface area contributed by atoms with Crippen LogP contribution in [0.25, 0.3) is 6.08 Å². The van der Waals surface area contributed by atoms with Crippen LogP contribution in [0.2, 0.25) is 0 Å². The van der Waals surface area contributed by atoms with Crippen LogP contribution in [-0.2, 0) is 4.79 Å². The van der Waals surface area contributed by atoms with Gasteiger partial charge in [-0.3, -0.25) is 4.79 Å². The molecule has 5 heteroatoms. The van der Waals surface area contributed by atoms with Crippen molar-refractivity contribution in [3.05, 3.63) is 71.4 Å².